The average molecular weight is 701 g/mol. The second-order valence-electron chi connectivity index (χ2n) is 14.6. The fourth-order valence-corrected chi connectivity index (χ4v) is 6.16. The van der Waals surface area contributed by atoms with Crippen molar-refractivity contribution in [3.63, 3.8) is 0 Å². The number of aliphatic hydroxyl groups excluding tert-OH is 1. The lowest BCUT2D eigenvalue weighted by atomic mass is 10.0. The van der Waals surface area contributed by atoms with Crippen molar-refractivity contribution in [2.45, 2.75) is 180 Å². The summed E-state index contributed by atoms with van der Waals surface area (Å²) in [6, 6.07) is -0.816. The summed E-state index contributed by atoms with van der Waals surface area (Å²) in [7, 11) is 1.28. The van der Waals surface area contributed by atoms with Crippen LogP contribution in [0.1, 0.15) is 168 Å². The van der Waals surface area contributed by atoms with Gasteiger partial charge in [0.15, 0.2) is 0 Å². The van der Waals surface area contributed by atoms with E-state index in [4.69, 9.17) is 9.05 Å². The predicted molar refractivity (Wildman–Crippen MR) is 201 cm³/mol. The van der Waals surface area contributed by atoms with Crippen LogP contribution < -0.4 is 10.2 Å². The molecule has 0 aliphatic heterocycles. The Hall–Kier alpha value is -1.02. The van der Waals surface area contributed by atoms with Crippen molar-refractivity contribution in [1.29, 1.82) is 0 Å². The number of nitrogens with zero attached hydrogens (tertiary/aromatic N) is 1. The molecule has 2 N–H and O–H groups in total. The highest BCUT2D eigenvalue weighted by atomic mass is 31.2. The molecule has 9 heteroatoms. The summed E-state index contributed by atoms with van der Waals surface area (Å²) in [6.45, 7) is 4.64. The quantitative estimate of drug-likeness (QED) is 0.0295. The number of allylic oxidation sites excluding steroid dienone is 4. The Morgan fingerprint density at radius 3 is 1.62 bits per heavy atom. The maximum atomic E-state index is 12.8. The molecule has 0 saturated heterocycles. The lowest BCUT2D eigenvalue weighted by Gasteiger charge is -2.30. The Morgan fingerprint density at radius 2 is 1.15 bits per heavy atom. The first-order chi connectivity index (χ1) is 23.0. The third kappa shape index (κ3) is 33.5. The number of likely N-dealkylation sites (N-methyl/N-ethyl adjacent to an activating group) is 1. The number of hydrogen-bond acceptors (Lipinski definition) is 6. The van der Waals surface area contributed by atoms with Gasteiger partial charge in [-0.3, -0.25) is 9.36 Å². The van der Waals surface area contributed by atoms with Gasteiger partial charge in [-0.25, -0.2) is 0 Å². The van der Waals surface area contributed by atoms with Crippen molar-refractivity contribution >= 4 is 13.7 Å². The Morgan fingerprint density at radius 1 is 0.708 bits per heavy atom. The number of aliphatic hydroxyl groups is 1. The van der Waals surface area contributed by atoms with Gasteiger partial charge in [-0.15, -0.1) is 0 Å². The fourth-order valence-electron chi connectivity index (χ4n) is 5.44. The van der Waals surface area contributed by atoms with Crippen LogP contribution in [-0.4, -0.2) is 68.5 Å². The summed E-state index contributed by atoms with van der Waals surface area (Å²) in [5.41, 5.74) is 0. The average Bonchev–Trinajstić information content (AvgIpc) is 3.02. The summed E-state index contributed by atoms with van der Waals surface area (Å²) in [5, 5.41) is 13.8. The minimum absolute atomic E-state index is 0.00555. The maximum absolute atomic E-state index is 12.8. The third-order valence-corrected chi connectivity index (χ3v) is 9.63. The SMILES string of the molecule is CCCCCCC/C=C/CCCC[C@@H](O)[C@H](COP(=O)([O-])OCC[N+](C)(C)C)NC(=O)CCCCCCC/C=C/CCCCCCCC. The number of unbranched alkanes of at least 4 members (excludes halogenated alkanes) is 18. The molecule has 284 valence electrons. The van der Waals surface area contributed by atoms with E-state index in [0.29, 0.717) is 23.9 Å². The number of hydrogen-bond donors (Lipinski definition) is 2. The van der Waals surface area contributed by atoms with Crippen LogP contribution >= 0.6 is 7.82 Å². The Labute approximate surface area is 296 Å². The van der Waals surface area contributed by atoms with Gasteiger partial charge >= 0.3 is 0 Å². The van der Waals surface area contributed by atoms with Crippen LogP contribution in [0.4, 0.5) is 0 Å². The van der Waals surface area contributed by atoms with E-state index in [1.807, 2.05) is 21.1 Å². The molecule has 0 spiro atoms. The lowest BCUT2D eigenvalue weighted by molar-refractivity contribution is -0.870. The van der Waals surface area contributed by atoms with E-state index in [2.05, 4.69) is 43.5 Å². The molecule has 0 aliphatic carbocycles. The molecule has 1 amide bonds. The van der Waals surface area contributed by atoms with Gasteiger partial charge in [0.05, 0.1) is 39.9 Å². The molecule has 8 nitrogen and oxygen atoms in total. The first-order valence-electron chi connectivity index (χ1n) is 19.7. The zero-order chi connectivity index (χ0) is 35.8. The highest BCUT2D eigenvalue weighted by Crippen LogP contribution is 2.38. The molecule has 3 atom stereocenters. The van der Waals surface area contributed by atoms with Gasteiger partial charge in [0.1, 0.15) is 13.2 Å². The first kappa shape index (κ1) is 47.0. The van der Waals surface area contributed by atoms with E-state index in [1.54, 1.807) is 0 Å². The fraction of sp³-hybridized carbons (Fsp3) is 0.872. The molecule has 0 rings (SSSR count). The van der Waals surface area contributed by atoms with E-state index in [-0.39, 0.29) is 19.1 Å². The molecule has 0 aromatic carbocycles. The van der Waals surface area contributed by atoms with Gasteiger partial charge in [0.25, 0.3) is 7.82 Å². The third-order valence-electron chi connectivity index (χ3n) is 8.66. The van der Waals surface area contributed by atoms with Crippen LogP contribution in [0, 0.1) is 0 Å². The molecule has 0 bridgehead atoms. The summed E-state index contributed by atoms with van der Waals surface area (Å²) in [5.74, 6) is -0.186. The van der Waals surface area contributed by atoms with Crippen LogP contribution in [0.2, 0.25) is 0 Å². The van der Waals surface area contributed by atoms with E-state index in [0.717, 1.165) is 57.8 Å². The van der Waals surface area contributed by atoms with Crippen LogP contribution in [-0.2, 0) is 18.4 Å². The number of rotatable bonds is 35. The normalized spacial score (nSPS) is 14.9. The highest BCUT2D eigenvalue weighted by Gasteiger charge is 2.24. The number of phosphoric ester groups is 1. The zero-order valence-corrected chi connectivity index (χ0v) is 32.8. The van der Waals surface area contributed by atoms with Crippen LogP contribution in [0.5, 0.6) is 0 Å². The minimum Gasteiger partial charge on any atom is -0.756 e. The zero-order valence-electron chi connectivity index (χ0n) is 31.9. The van der Waals surface area contributed by atoms with Crippen LogP contribution in [0.15, 0.2) is 24.3 Å². The van der Waals surface area contributed by atoms with Gasteiger partial charge in [0, 0.05) is 6.42 Å². The molecule has 0 aliphatic rings. The van der Waals surface area contributed by atoms with Crippen molar-refractivity contribution in [2.24, 2.45) is 0 Å². The van der Waals surface area contributed by atoms with Gasteiger partial charge in [0.2, 0.25) is 5.91 Å². The minimum atomic E-state index is -4.56. The van der Waals surface area contributed by atoms with Gasteiger partial charge in [-0.2, -0.15) is 0 Å². The predicted octanol–water partition coefficient (Wildman–Crippen LogP) is 9.55. The number of nitrogens with one attached hydrogen (secondary N) is 1. The van der Waals surface area contributed by atoms with E-state index < -0.39 is 20.0 Å². The van der Waals surface area contributed by atoms with Gasteiger partial charge in [-0.05, 0) is 64.2 Å². The van der Waals surface area contributed by atoms with Crippen molar-refractivity contribution in [3.05, 3.63) is 24.3 Å². The van der Waals surface area contributed by atoms with Crippen LogP contribution in [0.25, 0.3) is 0 Å². The molecular weight excluding hydrogens is 623 g/mol. The second-order valence-corrected chi connectivity index (χ2v) is 16.0. The van der Waals surface area contributed by atoms with E-state index in [9.17, 15) is 19.4 Å². The van der Waals surface area contributed by atoms with Crippen molar-refractivity contribution in [1.82, 2.24) is 5.32 Å². The number of carbonyl (C=O) groups is 1. The summed E-state index contributed by atoms with van der Waals surface area (Å²) in [4.78, 5) is 25.2. The molecule has 0 heterocycles. The molecule has 1 unspecified atom stereocenters. The van der Waals surface area contributed by atoms with E-state index >= 15 is 0 Å². The Bertz CT molecular complexity index is 845. The largest absolute Gasteiger partial charge is 0.756 e. The van der Waals surface area contributed by atoms with E-state index in [1.165, 1.54) is 83.5 Å². The summed E-state index contributed by atoms with van der Waals surface area (Å²) < 4.78 is 23.1. The second kappa shape index (κ2) is 31.9. The molecule has 0 saturated carbocycles. The molecule has 0 aromatic heterocycles. The first-order valence-corrected chi connectivity index (χ1v) is 21.1. The maximum Gasteiger partial charge on any atom is 0.268 e. The van der Waals surface area contributed by atoms with Gasteiger partial charge < -0.3 is 28.8 Å². The highest BCUT2D eigenvalue weighted by molar-refractivity contribution is 7.45. The molecule has 48 heavy (non-hydrogen) atoms. The smallest absolute Gasteiger partial charge is 0.268 e. The number of phosphoric acid groups is 1. The van der Waals surface area contributed by atoms with Crippen molar-refractivity contribution < 1.29 is 32.9 Å². The van der Waals surface area contributed by atoms with Crippen LogP contribution in [0.3, 0.4) is 0 Å². The number of carbonyl (C=O) groups excluding carboxylic acids is 1. The number of quaternary nitrogens is 1. The standard InChI is InChI=1S/C39H77N2O6P/c1-6-8-10-12-14-16-18-19-20-21-23-25-27-29-31-33-39(43)40-37(36-47-48(44,45)46-35-34-41(3,4)5)38(42)32-30-28-26-24-22-17-15-13-11-9-7-2/h19-20,22,24,37-38,42H,6-18,21,23,25-36H2,1-5H3,(H-,40,43,44,45)/b20-19+,24-22+/t37-,38+/m0/s1. The van der Waals surface area contributed by atoms with Crippen molar-refractivity contribution in [3.8, 4) is 0 Å². The molecule has 0 fully saturated rings. The van der Waals surface area contributed by atoms with Gasteiger partial charge in [-0.1, -0.05) is 122 Å². The summed E-state index contributed by atoms with van der Waals surface area (Å²) >= 11 is 0. The molecule has 0 radical (unpaired) electrons. The Kier molecular flexibility index (Phi) is 31.2. The lowest BCUT2D eigenvalue weighted by Crippen LogP contribution is -2.46. The molecule has 0 aromatic rings. The summed E-state index contributed by atoms with van der Waals surface area (Å²) in [6.07, 6.45) is 34.6. The Balaban J connectivity index is 4.48. The topological polar surface area (TPSA) is 108 Å². The van der Waals surface area contributed by atoms with Crippen molar-refractivity contribution in [2.75, 3.05) is 40.9 Å². The monoisotopic (exact) mass is 701 g/mol. The number of amides is 1. The molecular formula is C39H77N2O6P.